The minimum Gasteiger partial charge on any atom is -0.481 e. The van der Waals surface area contributed by atoms with E-state index in [0.717, 1.165) is 10.2 Å². The fraction of sp³-hybridized carbons (Fsp3) is 0.263. The number of benzene rings is 1. The monoisotopic (exact) mass is 368 g/mol. The van der Waals surface area contributed by atoms with E-state index in [4.69, 9.17) is 5.11 Å². The predicted octanol–water partition coefficient (Wildman–Crippen LogP) is 1.39. The second-order valence-electron chi connectivity index (χ2n) is 6.17. The summed E-state index contributed by atoms with van der Waals surface area (Å²) in [6, 6.07) is 14.6. The maximum absolute atomic E-state index is 12.8. The minimum absolute atomic E-state index is 0.0209. The largest absolute Gasteiger partial charge is 0.481 e. The lowest BCUT2D eigenvalue weighted by Gasteiger charge is -2.22. The van der Waals surface area contributed by atoms with Crippen molar-refractivity contribution >= 4 is 17.5 Å². The van der Waals surface area contributed by atoms with Gasteiger partial charge in [-0.2, -0.15) is 0 Å². The van der Waals surface area contributed by atoms with Crippen LogP contribution in [-0.4, -0.2) is 42.6 Å². The van der Waals surface area contributed by atoms with Crippen molar-refractivity contribution in [3.8, 4) is 0 Å². The Labute approximate surface area is 155 Å². The number of fused-ring (bicyclic) bond motifs is 1. The van der Waals surface area contributed by atoms with E-state index in [1.807, 2.05) is 30.3 Å². The standard InChI is InChI=1S/C19H20N4O4/c24-17(14-23-19(27)22-12-5-4-9-16(22)20-23)21(11-6-10-18(25)26)13-15-7-2-1-3-8-15/h1-5,7-9,12H,6,10-11,13-14H2,(H,25,26). The van der Waals surface area contributed by atoms with E-state index in [1.165, 1.54) is 4.40 Å². The van der Waals surface area contributed by atoms with Gasteiger partial charge < -0.3 is 10.0 Å². The van der Waals surface area contributed by atoms with Gasteiger partial charge in [-0.15, -0.1) is 5.10 Å². The van der Waals surface area contributed by atoms with Gasteiger partial charge >= 0.3 is 11.7 Å². The SMILES string of the molecule is O=C(O)CCCN(Cc1ccccc1)C(=O)Cn1nc2ccccn2c1=O. The normalized spacial score (nSPS) is 10.8. The molecule has 1 aromatic carbocycles. The van der Waals surface area contributed by atoms with Crippen LogP contribution in [0.4, 0.5) is 0 Å². The maximum Gasteiger partial charge on any atom is 0.350 e. The number of hydrogen-bond donors (Lipinski definition) is 1. The Morgan fingerprint density at radius 2 is 1.81 bits per heavy atom. The van der Waals surface area contributed by atoms with Crippen molar-refractivity contribution in [3.05, 3.63) is 70.8 Å². The van der Waals surface area contributed by atoms with E-state index in [2.05, 4.69) is 5.10 Å². The lowest BCUT2D eigenvalue weighted by molar-refractivity contribution is -0.138. The summed E-state index contributed by atoms with van der Waals surface area (Å²) in [6.07, 6.45) is 1.92. The molecule has 27 heavy (non-hydrogen) atoms. The average Bonchev–Trinajstić information content (AvgIpc) is 2.97. The smallest absolute Gasteiger partial charge is 0.350 e. The summed E-state index contributed by atoms with van der Waals surface area (Å²) in [5.74, 6) is -1.19. The number of rotatable bonds is 8. The highest BCUT2D eigenvalue weighted by atomic mass is 16.4. The highest BCUT2D eigenvalue weighted by Crippen LogP contribution is 2.07. The molecule has 0 radical (unpaired) electrons. The number of amides is 1. The highest BCUT2D eigenvalue weighted by molar-refractivity contribution is 5.76. The first-order valence-electron chi connectivity index (χ1n) is 8.62. The van der Waals surface area contributed by atoms with E-state index in [-0.39, 0.29) is 24.6 Å². The van der Waals surface area contributed by atoms with Gasteiger partial charge in [0.15, 0.2) is 5.65 Å². The topological polar surface area (TPSA) is 96.9 Å². The van der Waals surface area contributed by atoms with Gasteiger partial charge in [-0.05, 0) is 24.1 Å². The van der Waals surface area contributed by atoms with E-state index in [9.17, 15) is 14.4 Å². The molecule has 0 spiro atoms. The van der Waals surface area contributed by atoms with Gasteiger partial charge in [-0.1, -0.05) is 36.4 Å². The van der Waals surface area contributed by atoms with Crippen molar-refractivity contribution in [1.82, 2.24) is 19.1 Å². The van der Waals surface area contributed by atoms with Gasteiger partial charge in [-0.25, -0.2) is 9.48 Å². The molecule has 0 unspecified atom stereocenters. The van der Waals surface area contributed by atoms with Crippen LogP contribution in [0.3, 0.4) is 0 Å². The number of carbonyl (C=O) groups is 2. The van der Waals surface area contributed by atoms with Crippen LogP contribution in [0.15, 0.2) is 59.5 Å². The van der Waals surface area contributed by atoms with Crippen molar-refractivity contribution < 1.29 is 14.7 Å². The Hall–Kier alpha value is -3.42. The Morgan fingerprint density at radius 1 is 1.07 bits per heavy atom. The van der Waals surface area contributed by atoms with Gasteiger partial charge in [0, 0.05) is 25.7 Å². The molecule has 2 heterocycles. The van der Waals surface area contributed by atoms with Crippen molar-refractivity contribution in [3.63, 3.8) is 0 Å². The van der Waals surface area contributed by atoms with Crippen molar-refractivity contribution in [2.24, 2.45) is 0 Å². The molecule has 0 aliphatic heterocycles. The fourth-order valence-electron chi connectivity index (χ4n) is 2.82. The van der Waals surface area contributed by atoms with E-state index < -0.39 is 5.97 Å². The minimum atomic E-state index is -0.904. The number of carboxylic acid groups (broad SMARTS) is 1. The molecule has 1 amide bonds. The van der Waals surface area contributed by atoms with Crippen LogP contribution in [0.1, 0.15) is 18.4 Å². The summed E-state index contributed by atoms with van der Waals surface area (Å²) >= 11 is 0. The first kappa shape index (κ1) is 18.4. The zero-order chi connectivity index (χ0) is 19.2. The summed E-state index contributed by atoms with van der Waals surface area (Å²) < 4.78 is 2.51. The summed E-state index contributed by atoms with van der Waals surface area (Å²) in [5.41, 5.74) is 1.02. The van der Waals surface area contributed by atoms with Crippen molar-refractivity contribution in [2.75, 3.05) is 6.54 Å². The second-order valence-corrected chi connectivity index (χ2v) is 6.17. The third kappa shape index (κ3) is 4.60. The molecule has 0 bridgehead atoms. The van der Waals surface area contributed by atoms with E-state index >= 15 is 0 Å². The Morgan fingerprint density at radius 3 is 2.52 bits per heavy atom. The molecule has 2 aromatic heterocycles. The highest BCUT2D eigenvalue weighted by Gasteiger charge is 2.17. The Bertz CT molecular complexity index is 994. The second kappa shape index (κ2) is 8.31. The van der Waals surface area contributed by atoms with Crippen LogP contribution in [0.25, 0.3) is 5.65 Å². The third-order valence-electron chi connectivity index (χ3n) is 4.16. The molecule has 0 saturated carbocycles. The average molecular weight is 368 g/mol. The molecule has 3 aromatic rings. The first-order chi connectivity index (χ1) is 13.0. The van der Waals surface area contributed by atoms with Crippen LogP contribution in [-0.2, 0) is 22.7 Å². The molecule has 140 valence electrons. The van der Waals surface area contributed by atoms with Crippen LogP contribution in [0, 0.1) is 0 Å². The number of nitrogens with zero attached hydrogens (tertiary/aromatic N) is 4. The van der Waals surface area contributed by atoms with Gasteiger partial charge in [0.1, 0.15) is 6.54 Å². The predicted molar refractivity (Wildman–Crippen MR) is 98.2 cm³/mol. The fourth-order valence-corrected chi connectivity index (χ4v) is 2.82. The lowest BCUT2D eigenvalue weighted by atomic mass is 10.2. The van der Waals surface area contributed by atoms with Crippen molar-refractivity contribution in [1.29, 1.82) is 0 Å². The summed E-state index contributed by atoms with van der Waals surface area (Å²) in [4.78, 5) is 37.5. The van der Waals surface area contributed by atoms with Gasteiger partial charge in [0.25, 0.3) is 0 Å². The molecule has 0 aliphatic carbocycles. The van der Waals surface area contributed by atoms with Gasteiger partial charge in [-0.3, -0.25) is 14.0 Å². The zero-order valence-electron chi connectivity index (χ0n) is 14.7. The molecule has 3 rings (SSSR count). The quantitative estimate of drug-likeness (QED) is 0.648. The molecular formula is C19H20N4O4. The third-order valence-corrected chi connectivity index (χ3v) is 4.16. The molecule has 0 atom stereocenters. The molecule has 0 fully saturated rings. The number of carboxylic acids is 1. The molecule has 0 aliphatic rings. The Kier molecular flexibility index (Phi) is 5.65. The number of carbonyl (C=O) groups excluding carboxylic acids is 1. The van der Waals surface area contributed by atoms with E-state index in [1.54, 1.807) is 29.3 Å². The van der Waals surface area contributed by atoms with Crippen LogP contribution >= 0.6 is 0 Å². The Balaban J connectivity index is 1.77. The molecule has 0 saturated heterocycles. The van der Waals surface area contributed by atoms with Crippen LogP contribution in [0.5, 0.6) is 0 Å². The number of aliphatic carboxylic acids is 1. The van der Waals surface area contributed by atoms with Crippen LogP contribution < -0.4 is 5.69 Å². The zero-order valence-corrected chi connectivity index (χ0v) is 14.7. The molecular weight excluding hydrogens is 348 g/mol. The lowest BCUT2D eigenvalue weighted by Crippen LogP contribution is -2.37. The van der Waals surface area contributed by atoms with Crippen LogP contribution in [0.2, 0.25) is 0 Å². The number of aromatic nitrogens is 3. The van der Waals surface area contributed by atoms with Crippen molar-refractivity contribution in [2.45, 2.75) is 25.9 Å². The van der Waals surface area contributed by atoms with E-state index in [0.29, 0.717) is 25.2 Å². The summed E-state index contributed by atoms with van der Waals surface area (Å²) in [6.45, 7) is 0.448. The number of hydrogen-bond acceptors (Lipinski definition) is 4. The van der Waals surface area contributed by atoms with Gasteiger partial charge in [0.2, 0.25) is 5.91 Å². The summed E-state index contributed by atoms with van der Waals surface area (Å²) in [7, 11) is 0. The molecule has 8 nitrogen and oxygen atoms in total. The van der Waals surface area contributed by atoms with Gasteiger partial charge in [0.05, 0.1) is 0 Å². The molecule has 1 N–H and O–H groups in total. The summed E-state index contributed by atoms with van der Waals surface area (Å²) in [5, 5.41) is 13.0. The first-order valence-corrected chi connectivity index (χ1v) is 8.62. The number of pyridine rings is 1. The maximum atomic E-state index is 12.8. The molecule has 8 heteroatoms.